The monoisotopic (exact) mass is 152 g/mol. The normalized spacial score (nSPS) is 47.1. The Kier molecular flexibility index (Phi) is 1.57. The molecule has 3 atom stereocenters. The minimum absolute atomic E-state index is 0.263. The van der Waals surface area contributed by atoms with Gasteiger partial charge in [0.15, 0.2) is 0 Å². The Bertz CT molecular complexity index is 179. The number of allylic oxidation sites excluding steroid dienone is 2. The van der Waals surface area contributed by atoms with Gasteiger partial charge < -0.3 is 5.11 Å². The molecule has 0 aromatic carbocycles. The van der Waals surface area contributed by atoms with Gasteiger partial charge in [-0.25, -0.2) is 0 Å². The molecular weight excluding hydrogens is 136 g/mol. The maximum Gasteiger partial charge on any atom is 0.0493 e. The fraction of sp³-hybridized carbons (Fsp3) is 0.800. The fourth-order valence-corrected chi connectivity index (χ4v) is 2.75. The zero-order valence-corrected chi connectivity index (χ0v) is 7.09. The Morgan fingerprint density at radius 3 is 2.64 bits per heavy atom. The van der Waals surface area contributed by atoms with Crippen LogP contribution in [0.1, 0.15) is 26.2 Å². The SMILES string of the molecule is CCC1(CO)CC2C=CC1C2. The second-order valence-corrected chi connectivity index (χ2v) is 4.07. The van der Waals surface area contributed by atoms with Gasteiger partial charge in [0.2, 0.25) is 0 Å². The molecule has 1 nitrogen and oxygen atoms in total. The van der Waals surface area contributed by atoms with Crippen molar-refractivity contribution in [1.29, 1.82) is 0 Å². The summed E-state index contributed by atoms with van der Waals surface area (Å²) < 4.78 is 0. The Morgan fingerprint density at radius 2 is 2.36 bits per heavy atom. The molecule has 1 N–H and O–H groups in total. The highest BCUT2D eigenvalue weighted by Crippen LogP contribution is 2.53. The average molecular weight is 152 g/mol. The van der Waals surface area contributed by atoms with E-state index in [-0.39, 0.29) is 5.41 Å². The van der Waals surface area contributed by atoms with E-state index in [2.05, 4.69) is 19.1 Å². The van der Waals surface area contributed by atoms with Crippen LogP contribution >= 0.6 is 0 Å². The molecule has 0 aromatic rings. The van der Waals surface area contributed by atoms with Crippen LogP contribution in [0.4, 0.5) is 0 Å². The molecule has 3 unspecified atom stereocenters. The summed E-state index contributed by atoms with van der Waals surface area (Å²) in [6.45, 7) is 2.58. The Hall–Kier alpha value is -0.300. The maximum atomic E-state index is 9.30. The molecule has 0 aromatic heterocycles. The van der Waals surface area contributed by atoms with Gasteiger partial charge in [0.05, 0.1) is 0 Å². The molecular formula is C10H16O. The fourth-order valence-electron chi connectivity index (χ4n) is 2.75. The molecule has 2 aliphatic carbocycles. The summed E-state index contributed by atoms with van der Waals surface area (Å²) in [5, 5.41) is 9.30. The molecule has 1 saturated carbocycles. The van der Waals surface area contributed by atoms with Gasteiger partial charge >= 0.3 is 0 Å². The number of aliphatic hydroxyl groups is 1. The molecule has 0 radical (unpaired) electrons. The van der Waals surface area contributed by atoms with E-state index < -0.39 is 0 Å². The Balaban J connectivity index is 2.21. The lowest BCUT2D eigenvalue weighted by molar-refractivity contribution is 0.0933. The molecule has 0 heterocycles. The van der Waals surface area contributed by atoms with Crippen LogP contribution in [0.2, 0.25) is 0 Å². The summed E-state index contributed by atoms with van der Waals surface area (Å²) in [5.41, 5.74) is 0.263. The number of rotatable bonds is 2. The highest BCUT2D eigenvalue weighted by atomic mass is 16.3. The van der Waals surface area contributed by atoms with Crippen LogP contribution in [0.3, 0.4) is 0 Å². The van der Waals surface area contributed by atoms with Crippen molar-refractivity contribution in [2.75, 3.05) is 6.61 Å². The molecule has 0 saturated heterocycles. The topological polar surface area (TPSA) is 20.2 Å². The van der Waals surface area contributed by atoms with E-state index in [0.29, 0.717) is 12.5 Å². The summed E-state index contributed by atoms with van der Waals surface area (Å²) in [7, 11) is 0. The number of fused-ring (bicyclic) bond motifs is 2. The van der Waals surface area contributed by atoms with Crippen molar-refractivity contribution in [3.8, 4) is 0 Å². The lowest BCUT2D eigenvalue weighted by Gasteiger charge is -2.32. The zero-order chi connectivity index (χ0) is 7.90. The largest absolute Gasteiger partial charge is 0.396 e. The predicted octanol–water partition coefficient (Wildman–Crippen LogP) is 1.97. The maximum absolute atomic E-state index is 9.30. The summed E-state index contributed by atoms with van der Waals surface area (Å²) in [5.74, 6) is 1.47. The number of hydrogen-bond donors (Lipinski definition) is 1. The van der Waals surface area contributed by atoms with E-state index in [1.54, 1.807) is 0 Å². The molecule has 0 spiro atoms. The van der Waals surface area contributed by atoms with Crippen LogP contribution in [0.5, 0.6) is 0 Å². The summed E-state index contributed by atoms with van der Waals surface area (Å²) in [6.07, 6.45) is 8.30. The summed E-state index contributed by atoms with van der Waals surface area (Å²) in [4.78, 5) is 0. The van der Waals surface area contributed by atoms with Crippen LogP contribution in [-0.2, 0) is 0 Å². The van der Waals surface area contributed by atoms with Crippen molar-refractivity contribution >= 4 is 0 Å². The molecule has 2 bridgehead atoms. The molecule has 1 heteroatoms. The second kappa shape index (κ2) is 2.34. The van der Waals surface area contributed by atoms with Gasteiger partial charge in [-0.15, -0.1) is 0 Å². The van der Waals surface area contributed by atoms with E-state index in [0.717, 1.165) is 12.3 Å². The van der Waals surface area contributed by atoms with Crippen molar-refractivity contribution in [2.45, 2.75) is 26.2 Å². The average Bonchev–Trinajstić information content (AvgIpc) is 2.62. The van der Waals surface area contributed by atoms with Crippen molar-refractivity contribution in [2.24, 2.45) is 17.3 Å². The highest BCUT2D eigenvalue weighted by molar-refractivity contribution is 5.15. The molecule has 11 heavy (non-hydrogen) atoms. The van der Waals surface area contributed by atoms with Crippen LogP contribution in [-0.4, -0.2) is 11.7 Å². The third-order valence-corrected chi connectivity index (χ3v) is 3.65. The number of aliphatic hydroxyl groups excluding tert-OH is 1. The van der Waals surface area contributed by atoms with E-state index in [9.17, 15) is 5.11 Å². The highest BCUT2D eigenvalue weighted by Gasteiger charge is 2.46. The first-order valence-corrected chi connectivity index (χ1v) is 4.60. The van der Waals surface area contributed by atoms with Gasteiger partial charge in [-0.3, -0.25) is 0 Å². The van der Waals surface area contributed by atoms with Gasteiger partial charge in [0, 0.05) is 12.0 Å². The van der Waals surface area contributed by atoms with Crippen molar-refractivity contribution in [3.63, 3.8) is 0 Å². The smallest absolute Gasteiger partial charge is 0.0493 e. The summed E-state index contributed by atoms with van der Waals surface area (Å²) in [6, 6.07) is 0. The van der Waals surface area contributed by atoms with Crippen LogP contribution in [0, 0.1) is 17.3 Å². The second-order valence-electron chi connectivity index (χ2n) is 4.07. The van der Waals surface area contributed by atoms with E-state index in [4.69, 9.17) is 0 Å². The van der Waals surface area contributed by atoms with Gasteiger partial charge in [-0.2, -0.15) is 0 Å². The third kappa shape index (κ3) is 0.871. The van der Waals surface area contributed by atoms with Gasteiger partial charge in [-0.1, -0.05) is 19.1 Å². The first kappa shape index (κ1) is 7.35. The standard InChI is InChI=1S/C10H16O/c1-2-10(7-11)6-8-3-4-9(10)5-8/h3-4,8-9,11H,2,5-7H2,1H3. The molecule has 1 fully saturated rings. The van der Waals surface area contributed by atoms with Gasteiger partial charge in [-0.05, 0) is 31.1 Å². The molecule has 2 rings (SSSR count). The van der Waals surface area contributed by atoms with Crippen LogP contribution in [0.25, 0.3) is 0 Å². The predicted molar refractivity (Wildman–Crippen MR) is 45.2 cm³/mol. The van der Waals surface area contributed by atoms with Crippen LogP contribution in [0.15, 0.2) is 12.2 Å². The van der Waals surface area contributed by atoms with Gasteiger partial charge in [0.25, 0.3) is 0 Å². The van der Waals surface area contributed by atoms with Crippen LogP contribution < -0.4 is 0 Å². The lowest BCUT2D eigenvalue weighted by atomic mass is 9.74. The van der Waals surface area contributed by atoms with E-state index in [1.165, 1.54) is 12.8 Å². The number of hydrogen-bond acceptors (Lipinski definition) is 1. The third-order valence-electron chi connectivity index (χ3n) is 3.65. The van der Waals surface area contributed by atoms with Crippen molar-refractivity contribution < 1.29 is 5.11 Å². The first-order chi connectivity index (χ1) is 5.30. The quantitative estimate of drug-likeness (QED) is 0.600. The van der Waals surface area contributed by atoms with Crippen molar-refractivity contribution in [1.82, 2.24) is 0 Å². The van der Waals surface area contributed by atoms with Crippen molar-refractivity contribution in [3.05, 3.63) is 12.2 Å². The van der Waals surface area contributed by atoms with Gasteiger partial charge in [0.1, 0.15) is 0 Å². The zero-order valence-electron chi connectivity index (χ0n) is 7.09. The van der Waals surface area contributed by atoms with E-state index >= 15 is 0 Å². The molecule has 62 valence electrons. The first-order valence-electron chi connectivity index (χ1n) is 4.60. The van der Waals surface area contributed by atoms with E-state index in [1.807, 2.05) is 0 Å². The Morgan fingerprint density at radius 1 is 1.55 bits per heavy atom. The molecule has 0 aliphatic heterocycles. The summed E-state index contributed by atoms with van der Waals surface area (Å²) >= 11 is 0. The molecule has 2 aliphatic rings. The lowest BCUT2D eigenvalue weighted by Crippen LogP contribution is -2.29. The minimum atomic E-state index is 0.263. The Labute approximate surface area is 68.1 Å². The minimum Gasteiger partial charge on any atom is -0.396 e. The molecule has 0 amide bonds.